The number of hydrogen-bond acceptors (Lipinski definition) is 3. The van der Waals surface area contributed by atoms with Crippen LogP contribution in [0.1, 0.15) is 28.8 Å². The molecular weight excluding hydrogens is 282 g/mol. The first-order valence-electron chi connectivity index (χ1n) is 7.23. The molecule has 1 amide bonds. The van der Waals surface area contributed by atoms with Crippen molar-refractivity contribution < 1.29 is 14.7 Å². The van der Waals surface area contributed by atoms with Crippen LogP contribution in [0.4, 0.5) is 0 Å². The lowest BCUT2D eigenvalue weighted by molar-refractivity contribution is -0.141. The van der Waals surface area contributed by atoms with E-state index in [9.17, 15) is 9.59 Å². The SMILES string of the molecule is O=C(O)C1CCCN1C(=O)c1ccc(Cn2ccnc2)cc1. The van der Waals surface area contributed by atoms with Crippen LogP contribution in [0, 0.1) is 0 Å². The summed E-state index contributed by atoms with van der Waals surface area (Å²) in [5.74, 6) is -1.14. The zero-order valence-corrected chi connectivity index (χ0v) is 12.1. The number of aliphatic carboxylic acids is 1. The van der Waals surface area contributed by atoms with Gasteiger partial charge < -0.3 is 14.6 Å². The van der Waals surface area contributed by atoms with Crippen molar-refractivity contribution in [2.75, 3.05) is 6.54 Å². The summed E-state index contributed by atoms with van der Waals surface area (Å²) >= 11 is 0. The van der Waals surface area contributed by atoms with Crippen LogP contribution >= 0.6 is 0 Å². The Morgan fingerprint density at radius 3 is 2.68 bits per heavy atom. The maximum Gasteiger partial charge on any atom is 0.326 e. The Morgan fingerprint density at radius 1 is 1.27 bits per heavy atom. The van der Waals surface area contributed by atoms with Crippen LogP contribution in [-0.2, 0) is 11.3 Å². The number of benzene rings is 1. The van der Waals surface area contributed by atoms with Crippen molar-refractivity contribution in [2.24, 2.45) is 0 Å². The van der Waals surface area contributed by atoms with Crippen molar-refractivity contribution in [3.8, 4) is 0 Å². The van der Waals surface area contributed by atoms with Gasteiger partial charge in [0.15, 0.2) is 0 Å². The van der Waals surface area contributed by atoms with Gasteiger partial charge in [-0.3, -0.25) is 4.79 Å². The number of hydrogen-bond donors (Lipinski definition) is 1. The molecule has 3 rings (SSSR count). The van der Waals surface area contributed by atoms with Crippen molar-refractivity contribution in [1.82, 2.24) is 14.5 Å². The van der Waals surface area contributed by atoms with Crippen LogP contribution in [0.25, 0.3) is 0 Å². The lowest BCUT2D eigenvalue weighted by Crippen LogP contribution is -2.40. The molecule has 1 aliphatic heterocycles. The fourth-order valence-corrected chi connectivity index (χ4v) is 2.78. The van der Waals surface area contributed by atoms with Crippen LogP contribution < -0.4 is 0 Å². The fourth-order valence-electron chi connectivity index (χ4n) is 2.78. The quantitative estimate of drug-likeness (QED) is 0.931. The summed E-state index contributed by atoms with van der Waals surface area (Å²) in [7, 11) is 0. The predicted octanol–water partition coefficient (Wildman–Crippen LogP) is 1.62. The average Bonchev–Trinajstić information content (AvgIpc) is 3.18. The number of rotatable bonds is 4. The molecule has 2 aromatic rings. The Labute approximate surface area is 128 Å². The number of carbonyl (C=O) groups is 2. The Kier molecular flexibility index (Phi) is 3.91. The average molecular weight is 299 g/mol. The number of imidazole rings is 1. The first-order chi connectivity index (χ1) is 10.6. The van der Waals surface area contributed by atoms with Crippen LogP contribution in [0.15, 0.2) is 43.0 Å². The third kappa shape index (κ3) is 2.86. The van der Waals surface area contributed by atoms with Crippen LogP contribution in [0.5, 0.6) is 0 Å². The van der Waals surface area contributed by atoms with Crippen molar-refractivity contribution in [2.45, 2.75) is 25.4 Å². The molecule has 1 aromatic carbocycles. The Hall–Kier alpha value is -2.63. The zero-order valence-electron chi connectivity index (χ0n) is 12.1. The molecule has 1 unspecified atom stereocenters. The number of carboxylic acids is 1. The number of aromatic nitrogens is 2. The van der Waals surface area contributed by atoms with Crippen LogP contribution in [0.2, 0.25) is 0 Å². The Balaban J connectivity index is 1.72. The summed E-state index contributed by atoms with van der Waals surface area (Å²) in [6.07, 6.45) is 6.60. The predicted molar refractivity (Wildman–Crippen MR) is 79.5 cm³/mol. The second-order valence-corrected chi connectivity index (χ2v) is 5.43. The highest BCUT2D eigenvalue weighted by Crippen LogP contribution is 2.20. The normalized spacial score (nSPS) is 17.6. The van der Waals surface area contributed by atoms with E-state index in [2.05, 4.69) is 4.98 Å². The molecule has 6 heteroatoms. The van der Waals surface area contributed by atoms with Gasteiger partial charge in [-0.2, -0.15) is 0 Å². The van der Waals surface area contributed by atoms with E-state index < -0.39 is 12.0 Å². The second-order valence-electron chi connectivity index (χ2n) is 5.43. The van der Waals surface area contributed by atoms with E-state index in [0.717, 1.165) is 12.0 Å². The molecule has 0 radical (unpaired) electrons. The maximum atomic E-state index is 12.4. The van der Waals surface area contributed by atoms with Crippen molar-refractivity contribution >= 4 is 11.9 Å². The van der Waals surface area contributed by atoms with Crippen molar-refractivity contribution in [3.63, 3.8) is 0 Å². The van der Waals surface area contributed by atoms with Crippen LogP contribution in [0.3, 0.4) is 0 Å². The largest absolute Gasteiger partial charge is 0.480 e. The highest BCUT2D eigenvalue weighted by atomic mass is 16.4. The molecule has 0 saturated carbocycles. The van der Waals surface area contributed by atoms with Gasteiger partial charge in [0, 0.05) is 31.0 Å². The van der Waals surface area contributed by atoms with Gasteiger partial charge in [0.2, 0.25) is 0 Å². The molecule has 2 heterocycles. The van der Waals surface area contributed by atoms with E-state index in [4.69, 9.17) is 5.11 Å². The minimum atomic E-state index is -0.928. The smallest absolute Gasteiger partial charge is 0.326 e. The summed E-state index contributed by atoms with van der Waals surface area (Å²) in [5, 5.41) is 9.16. The number of carboxylic acid groups (broad SMARTS) is 1. The second kappa shape index (κ2) is 6.01. The third-order valence-corrected chi connectivity index (χ3v) is 3.92. The first-order valence-corrected chi connectivity index (χ1v) is 7.23. The van der Waals surface area contributed by atoms with Crippen LogP contribution in [-0.4, -0.2) is 44.0 Å². The van der Waals surface area contributed by atoms with E-state index in [0.29, 0.717) is 25.1 Å². The summed E-state index contributed by atoms with van der Waals surface area (Å²) in [6, 6.07) is 6.59. The molecule has 1 aliphatic rings. The van der Waals surface area contributed by atoms with Gasteiger partial charge >= 0.3 is 5.97 Å². The molecule has 1 aromatic heterocycles. The van der Waals surface area contributed by atoms with E-state index in [-0.39, 0.29) is 5.91 Å². The molecule has 0 spiro atoms. The Morgan fingerprint density at radius 2 is 2.05 bits per heavy atom. The lowest BCUT2D eigenvalue weighted by atomic mass is 10.1. The lowest BCUT2D eigenvalue weighted by Gasteiger charge is -2.21. The van der Waals surface area contributed by atoms with Gasteiger partial charge in [-0.15, -0.1) is 0 Å². The molecule has 0 aliphatic carbocycles. The molecular formula is C16H17N3O3. The summed E-state index contributed by atoms with van der Waals surface area (Å²) in [4.78, 5) is 29.1. The van der Waals surface area contributed by atoms with E-state index >= 15 is 0 Å². The molecule has 1 atom stereocenters. The first kappa shape index (κ1) is 14.3. The van der Waals surface area contributed by atoms with Gasteiger partial charge in [0.1, 0.15) is 6.04 Å². The van der Waals surface area contributed by atoms with Gasteiger partial charge in [-0.1, -0.05) is 12.1 Å². The minimum Gasteiger partial charge on any atom is -0.480 e. The summed E-state index contributed by atoms with van der Waals surface area (Å²) < 4.78 is 1.94. The highest BCUT2D eigenvalue weighted by Gasteiger charge is 2.34. The topological polar surface area (TPSA) is 75.4 Å². The molecule has 22 heavy (non-hydrogen) atoms. The van der Waals surface area contributed by atoms with Gasteiger partial charge in [-0.25, -0.2) is 9.78 Å². The van der Waals surface area contributed by atoms with Gasteiger partial charge in [0.05, 0.1) is 6.33 Å². The monoisotopic (exact) mass is 299 g/mol. The molecule has 6 nitrogen and oxygen atoms in total. The fraction of sp³-hybridized carbons (Fsp3) is 0.312. The Bertz CT molecular complexity index is 664. The molecule has 1 fully saturated rings. The van der Waals surface area contributed by atoms with Crippen molar-refractivity contribution in [1.29, 1.82) is 0 Å². The van der Waals surface area contributed by atoms with Crippen molar-refractivity contribution in [3.05, 3.63) is 54.1 Å². The number of amides is 1. The van der Waals surface area contributed by atoms with E-state index in [1.807, 2.05) is 22.9 Å². The summed E-state index contributed by atoms with van der Waals surface area (Å²) in [6.45, 7) is 1.20. The van der Waals surface area contributed by atoms with Gasteiger partial charge in [-0.05, 0) is 30.5 Å². The molecule has 1 N–H and O–H groups in total. The zero-order chi connectivity index (χ0) is 15.5. The number of carbonyl (C=O) groups excluding carboxylic acids is 1. The number of likely N-dealkylation sites (tertiary alicyclic amines) is 1. The van der Waals surface area contributed by atoms with E-state index in [1.54, 1.807) is 24.7 Å². The third-order valence-electron chi connectivity index (χ3n) is 3.92. The number of nitrogens with zero attached hydrogens (tertiary/aromatic N) is 3. The molecule has 0 bridgehead atoms. The standard InChI is InChI=1S/C16H17N3O3/c20-15(19-8-1-2-14(19)16(21)22)13-5-3-12(4-6-13)10-18-9-7-17-11-18/h3-7,9,11,14H,1-2,8,10H2,(H,21,22). The molecule has 114 valence electrons. The van der Waals surface area contributed by atoms with Gasteiger partial charge in [0.25, 0.3) is 5.91 Å². The minimum absolute atomic E-state index is 0.209. The highest BCUT2D eigenvalue weighted by molar-refractivity contribution is 5.97. The summed E-state index contributed by atoms with van der Waals surface area (Å²) in [5.41, 5.74) is 1.59. The van der Waals surface area contributed by atoms with E-state index in [1.165, 1.54) is 4.90 Å². The maximum absolute atomic E-state index is 12.4. The molecule has 1 saturated heterocycles.